The summed E-state index contributed by atoms with van der Waals surface area (Å²) in [7, 11) is 0. The van der Waals surface area contributed by atoms with E-state index in [1.54, 1.807) is 6.07 Å². The van der Waals surface area contributed by atoms with Crippen LogP contribution in [0.15, 0.2) is 24.3 Å². The summed E-state index contributed by atoms with van der Waals surface area (Å²) < 4.78 is 4.79. The number of carbonyl (C=O) groups excluding carboxylic acids is 1. The number of aromatic nitrogens is 1. The molecule has 0 bridgehead atoms. The Morgan fingerprint density at radius 2 is 2.05 bits per heavy atom. The molecule has 102 valence electrons. The molecule has 0 atom stereocenters. The summed E-state index contributed by atoms with van der Waals surface area (Å²) in [5.41, 5.74) is 2.99. The quantitative estimate of drug-likeness (QED) is 0.810. The highest BCUT2D eigenvalue weighted by Gasteiger charge is 2.15. The number of esters is 1. The van der Waals surface area contributed by atoms with Crippen molar-refractivity contribution in [3.63, 3.8) is 0 Å². The lowest BCUT2D eigenvalue weighted by Crippen LogP contribution is -2.07. The maximum absolute atomic E-state index is 11.6. The number of nitrogens with zero attached hydrogens (tertiary/aromatic N) is 2. The smallest absolute Gasteiger partial charge is 0.312 e. The number of hydrogen-bond acceptors (Lipinski definition) is 5. The molecule has 0 saturated heterocycles. The highest BCUT2D eigenvalue weighted by Crippen LogP contribution is 2.28. The summed E-state index contributed by atoms with van der Waals surface area (Å²) in [5, 5.41) is 9.31. The average molecular weight is 286 g/mol. The second kappa shape index (κ2) is 6.31. The van der Waals surface area contributed by atoms with Crippen LogP contribution < -0.4 is 0 Å². The fourth-order valence-electron chi connectivity index (χ4n) is 1.82. The van der Waals surface area contributed by atoms with E-state index in [0.29, 0.717) is 0 Å². The van der Waals surface area contributed by atoms with Crippen molar-refractivity contribution in [3.8, 4) is 17.3 Å². The van der Waals surface area contributed by atoms with Crippen LogP contribution in [0.4, 0.5) is 0 Å². The number of carbonyl (C=O) groups is 1. The van der Waals surface area contributed by atoms with Gasteiger partial charge in [-0.15, -0.1) is 11.3 Å². The van der Waals surface area contributed by atoms with Crippen molar-refractivity contribution < 1.29 is 9.53 Å². The van der Waals surface area contributed by atoms with Gasteiger partial charge in [0.25, 0.3) is 0 Å². The lowest BCUT2D eigenvalue weighted by atomic mass is 10.1. The Labute approximate surface area is 121 Å². The number of rotatable bonds is 4. The van der Waals surface area contributed by atoms with E-state index in [4.69, 9.17) is 10.00 Å². The molecule has 20 heavy (non-hydrogen) atoms. The van der Waals surface area contributed by atoms with Gasteiger partial charge in [0.15, 0.2) is 6.61 Å². The zero-order valence-electron chi connectivity index (χ0n) is 11.3. The molecular weight excluding hydrogens is 272 g/mol. The van der Waals surface area contributed by atoms with E-state index in [0.717, 1.165) is 21.1 Å². The number of nitriles is 1. The van der Waals surface area contributed by atoms with E-state index in [1.807, 2.05) is 38.1 Å². The molecule has 1 aromatic carbocycles. The van der Waals surface area contributed by atoms with Crippen molar-refractivity contribution in [2.75, 3.05) is 6.61 Å². The molecule has 0 spiro atoms. The van der Waals surface area contributed by atoms with Crippen molar-refractivity contribution in [2.45, 2.75) is 20.3 Å². The van der Waals surface area contributed by atoms with Crippen LogP contribution in [-0.2, 0) is 16.0 Å². The minimum absolute atomic E-state index is 0.149. The van der Waals surface area contributed by atoms with Crippen LogP contribution in [0.1, 0.15) is 15.4 Å². The van der Waals surface area contributed by atoms with E-state index < -0.39 is 5.97 Å². The molecule has 0 aliphatic carbocycles. The van der Waals surface area contributed by atoms with Crippen LogP contribution in [0.2, 0.25) is 0 Å². The Morgan fingerprint density at radius 3 is 2.70 bits per heavy atom. The Hall–Kier alpha value is -2.19. The Morgan fingerprint density at radius 1 is 1.35 bits per heavy atom. The van der Waals surface area contributed by atoms with Crippen LogP contribution in [-0.4, -0.2) is 17.6 Å². The summed E-state index contributed by atoms with van der Waals surface area (Å²) in [6.45, 7) is 3.72. The highest BCUT2D eigenvalue weighted by molar-refractivity contribution is 7.12. The standard InChI is InChI=1S/C15H14N2O2S/c1-10-3-5-12(6-4-10)15-13(20-11(2)17-15)9-14(18)19-8-7-16/h3-6H,8-9H2,1-2H3. The third-order valence-electron chi connectivity index (χ3n) is 2.73. The van der Waals surface area contributed by atoms with Gasteiger partial charge in [-0.3, -0.25) is 4.79 Å². The lowest BCUT2D eigenvalue weighted by molar-refractivity contribution is -0.141. The average Bonchev–Trinajstić information content (AvgIpc) is 2.78. The molecule has 0 aliphatic heterocycles. The van der Waals surface area contributed by atoms with Gasteiger partial charge < -0.3 is 4.74 Å². The van der Waals surface area contributed by atoms with Gasteiger partial charge in [-0.25, -0.2) is 4.98 Å². The van der Waals surface area contributed by atoms with E-state index in [2.05, 4.69) is 4.98 Å². The highest BCUT2D eigenvalue weighted by atomic mass is 32.1. The normalized spacial score (nSPS) is 10.1. The first-order valence-electron chi connectivity index (χ1n) is 6.16. The first-order valence-corrected chi connectivity index (χ1v) is 6.97. The topological polar surface area (TPSA) is 63.0 Å². The first-order chi connectivity index (χ1) is 9.60. The van der Waals surface area contributed by atoms with Crippen molar-refractivity contribution in [1.82, 2.24) is 4.98 Å². The second-order valence-electron chi connectivity index (χ2n) is 4.37. The Bertz CT molecular complexity index is 654. The second-order valence-corrected chi connectivity index (χ2v) is 5.65. The van der Waals surface area contributed by atoms with Gasteiger partial charge >= 0.3 is 5.97 Å². The third-order valence-corrected chi connectivity index (χ3v) is 3.70. The number of thiazole rings is 1. The zero-order chi connectivity index (χ0) is 14.5. The Kier molecular flexibility index (Phi) is 4.49. The summed E-state index contributed by atoms with van der Waals surface area (Å²) in [5.74, 6) is -0.399. The molecule has 0 unspecified atom stereocenters. The number of hydrogen-bond donors (Lipinski definition) is 0. The van der Waals surface area contributed by atoms with Crippen LogP contribution in [0.5, 0.6) is 0 Å². The minimum atomic E-state index is -0.399. The van der Waals surface area contributed by atoms with Gasteiger partial charge in [0.2, 0.25) is 0 Å². The van der Waals surface area contributed by atoms with Crippen LogP contribution in [0.25, 0.3) is 11.3 Å². The van der Waals surface area contributed by atoms with Crippen molar-refractivity contribution in [2.24, 2.45) is 0 Å². The maximum atomic E-state index is 11.6. The molecule has 5 heteroatoms. The fourth-order valence-corrected chi connectivity index (χ4v) is 2.76. The van der Waals surface area contributed by atoms with Gasteiger partial charge in [-0.05, 0) is 13.8 Å². The molecule has 0 N–H and O–H groups in total. The predicted octanol–water partition coefficient (Wildman–Crippen LogP) is 3.04. The van der Waals surface area contributed by atoms with Crippen molar-refractivity contribution in [3.05, 3.63) is 39.7 Å². The molecule has 0 aliphatic rings. The van der Waals surface area contributed by atoms with Crippen LogP contribution >= 0.6 is 11.3 Å². The van der Waals surface area contributed by atoms with Crippen molar-refractivity contribution >= 4 is 17.3 Å². The fraction of sp³-hybridized carbons (Fsp3) is 0.267. The van der Waals surface area contributed by atoms with Gasteiger partial charge in [-0.2, -0.15) is 5.26 Å². The largest absolute Gasteiger partial charge is 0.450 e. The maximum Gasteiger partial charge on any atom is 0.312 e. The predicted molar refractivity (Wildman–Crippen MR) is 77.3 cm³/mol. The number of ether oxygens (including phenoxy) is 1. The number of aryl methyl sites for hydroxylation is 2. The van der Waals surface area contributed by atoms with Crippen molar-refractivity contribution in [1.29, 1.82) is 5.26 Å². The molecule has 2 rings (SSSR count). The Balaban J connectivity index is 2.24. The summed E-state index contributed by atoms with van der Waals surface area (Å²) in [4.78, 5) is 17.0. The first kappa shape index (κ1) is 14.2. The molecule has 1 aromatic heterocycles. The zero-order valence-corrected chi connectivity index (χ0v) is 12.2. The van der Waals surface area contributed by atoms with Gasteiger partial charge in [0, 0.05) is 10.4 Å². The molecule has 0 fully saturated rings. The monoisotopic (exact) mass is 286 g/mol. The number of benzene rings is 1. The molecular formula is C15H14N2O2S. The van der Waals surface area contributed by atoms with E-state index in [1.165, 1.54) is 16.9 Å². The van der Waals surface area contributed by atoms with Crippen LogP contribution in [0, 0.1) is 25.2 Å². The van der Waals surface area contributed by atoms with Gasteiger partial charge in [0.05, 0.1) is 17.1 Å². The summed E-state index contributed by atoms with van der Waals surface area (Å²) in [6, 6.07) is 9.81. The molecule has 0 radical (unpaired) electrons. The van der Waals surface area contributed by atoms with Crippen LogP contribution in [0.3, 0.4) is 0 Å². The lowest BCUT2D eigenvalue weighted by Gasteiger charge is -2.03. The third kappa shape index (κ3) is 3.43. The molecule has 4 nitrogen and oxygen atoms in total. The van der Waals surface area contributed by atoms with E-state index in [9.17, 15) is 4.79 Å². The molecule has 0 saturated carbocycles. The van der Waals surface area contributed by atoms with Gasteiger partial charge in [-0.1, -0.05) is 29.8 Å². The molecule has 0 amide bonds. The summed E-state index contributed by atoms with van der Waals surface area (Å²) >= 11 is 1.48. The molecule has 1 heterocycles. The minimum Gasteiger partial charge on any atom is -0.450 e. The van der Waals surface area contributed by atoms with Gasteiger partial charge in [0.1, 0.15) is 6.07 Å². The van der Waals surface area contributed by atoms with E-state index >= 15 is 0 Å². The van der Waals surface area contributed by atoms with E-state index in [-0.39, 0.29) is 13.0 Å². The molecule has 2 aromatic rings. The summed E-state index contributed by atoms with van der Waals surface area (Å²) in [6.07, 6.45) is 0.149. The SMILES string of the molecule is Cc1ccc(-c2nc(C)sc2CC(=O)OCC#N)cc1.